The lowest BCUT2D eigenvalue weighted by atomic mass is 9.87. The molecule has 1 aromatic rings. The van der Waals surface area contributed by atoms with Gasteiger partial charge in [0.05, 0.1) is 12.2 Å². The molecule has 0 unspecified atom stereocenters. The molecule has 1 aromatic heterocycles. The minimum atomic E-state index is -0.0318. The number of carbonyl (C=O) groups excluding carboxylic acids is 1. The van der Waals surface area contributed by atoms with Crippen molar-refractivity contribution in [3.05, 3.63) is 11.8 Å². The van der Waals surface area contributed by atoms with Crippen molar-refractivity contribution in [2.45, 2.75) is 38.0 Å². The third-order valence-corrected chi connectivity index (χ3v) is 3.53. The van der Waals surface area contributed by atoms with Crippen LogP contribution in [0, 0.1) is 0 Å². The van der Waals surface area contributed by atoms with Crippen molar-refractivity contribution in [2.24, 2.45) is 7.05 Å². The van der Waals surface area contributed by atoms with Crippen LogP contribution >= 0.6 is 0 Å². The highest BCUT2D eigenvalue weighted by Gasteiger charge is 2.19. The second-order valence-corrected chi connectivity index (χ2v) is 4.99. The van der Waals surface area contributed by atoms with Crippen molar-refractivity contribution in [3.63, 3.8) is 0 Å². The van der Waals surface area contributed by atoms with Crippen molar-refractivity contribution in [3.8, 4) is 0 Å². The van der Waals surface area contributed by atoms with Crippen LogP contribution in [0.1, 0.15) is 43.7 Å². The normalized spacial score (nSPS) is 16.8. The summed E-state index contributed by atoms with van der Waals surface area (Å²) in [5.74, 6) is 1.33. The summed E-state index contributed by atoms with van der Waals surface area (Å²) in [4.78, 5) is 11.5. The van der Waals surface area contributed by atoms with E-state index in [4.69, 9.17) is 0 Å². The summed E-state index contributed by atoms with van der Waals surface area (Å²) in [6.07, 6.45) is 6.38. The molecule has 0 aromatic carbocycles. The molecule has 5 heteroatoms. The fraction of sp³-hybridized carbons (Fsp3) is 0.692. The lowest BCUT2D eigenvalue weighted by Crippen LogP contribution is -2.25. The predicted octanol–water partition coefficient (Wildman–Crippen LogP) is 1.63. The van der Waals surface area contributed by atoms with E-state index in [1.165, 1.54) is 32.1 Å². The van der Waals surface area contributed by atoms with E-state index < -0.39 is 0 Å². The van der Waals surface area contributed by atoms with E-state index in [0.717, 1.165) is 11.5 Å². The molecule has 100 valence electrons. The summed E-state index contributed by atoms with van der Waals surface area (Å²) >= 11 is 0. The lowest BCUT2D eigenvalue weighted by molar-refractivity contribution is -0.115. The molecule has 0 bridgehead atoms. The van der Waals surface area contributed by atoms with Gasteiger partial charge in [-0.05, 0) is 19.9 Å². The fourth-order valence-corrected chi connectivity index (χ4v) is 2.55. The highest BCUT2D eigenvalue weighted by molar-refractivity contribution is 5.91. The molecule has 0 atom stereocenters. The third kappa shape index (κ3) is 3.10. The maximum absolute atomic E-state index is 11.5. The molecule has 18 heavy (non-hydrogen) atoms. The van der Waals surface area contributed by atoms with Gasteiger partial charge in [-0.25, -0.2) is 0 Å². The minimum absolute atomic E-state index is 0.0318. The van der Waals surface area contributed by atoms with Crippen molar-refractivity contribution in [2.75, 3.05) is 18.9 Å². The number of hydrogen-bond donors (Lipinski definition) is 2. The lowest BCUT2D eigenvalue weighted by Gasteiger charge is -2.19. The van der Waals surface area contributed by atoms with Gasteiger partial charge in [0.1, 0.15) is 5.82 Å². The van der Waals surface area contributed by atoms with Crippen molar-refractivity contribution >= 4 is 11.7 Å². The molecule has 0 aliphatic heterocycles. The summed E-state index contributed by atoms with van der Waals surface area (Å²) < 4.78 is 1.76. The molecule has 1 amide bonds. The molecule has 2 N–H and O–H groups in total. The van der Waals surface area contributed by atoms with Gasteiger partial charge in [0.25, 0.3) is 0 Å². The first-order valence-electron chi connectivity index (χ1n) is 6.69. The largest absolute Gasteiger partial charge is 0.311 e. The molecule has 0 saturated heterocycles. The van der Waals surface area contributed by atoms with Crippen LogP contribution in [0.2, 0.25) is 0 Å². The Morgan fingerprint density at radius 3 is 2.83 bits per heavy atom. The second kappa shape index (κ2) is 6.00. The summed E-state index contributed by atoms with van der Waals surface area (Å²) in [7, 11) is 3.64. The Morgan fingerprint density at radius 2 is 2.17 bits per heavy atom. The highest BCUT2D eigenvalue weighted by atomic mass is 16.2. The van der Waals surface area contributed by atoms with Gasteiger partial charge in [-0.15, -0.1) is 0 Å². The summed E-state index contributed by atoms with van der Waals surface area (Å²) in [6, 6.07) is 2.02. The first-order chi connectivity index (χ1) is 8.70. The van der Waals surface area contributed by atoms with Gasteiger partial charge in [0.15, 0.2) is 0 Å². The molecule has 1 saturated carbocycles. The van der Waals surface area contributed by atoms with Gasteiger partial charge >= 0.3 is 0 Å². The van der Waals surface area contributed by atoms with Gasteiger partial charge in [0, 0.05) is 19.0 Å². The highest BCUT2D eigenvalue weighted by Crippen LogP contribution is 2.32. The molecule has 1 aliphatic rings. The smallest absolute Gasteiger partial charge is 0.239 e. The van der Waals surface area contributed by atoms with Crippen LogP contribution in [0.15, 0.2) is 6.07 Å². The van der Waals surface area contributed by atoms with Crippen LogP contribution in [0.3, 0.4) is 0 Å². The molecule has 5 nitrogen and oxygen atoms in total. The van der Waals surface area contributed by atoms with Crippen LogP contribution < -0.4 is 10.6 Å². The maximum Gasteiger partial charge on any atom is 0.239 e. The molecule has 0 radical (unpaired) electrons. The molecule has 0 spiro atoms. The zero-order valence-electron chi connectivity index (χ0n) is 11.2. The zero-order chi connectivity index (χ0) is 13.0. The zero-order valence-corrected chi connectivity index (χ0v) is 11.2. The number of hydrogen-bond acceptors (Lipinski definition) is 3. The van der Waals surface area contributed by atoms with Gasteiger partial charge in [0.2, 0.25) is 5.91 Å². The molecular weight excluding hydrogens is 228 g/mol. The molecule has 2 rings (SSSR count). The average Bonchev–Trinajstić information content (AvgIpc) is 2.72. The number of nitrogens with zero attached hydrogens (tertiary/aromatic N) is 2. The number of nitrogens with one attached hydrogen (secondary N) is 2. The topological polar surface area (TPSA) is 59.0 Å². The number of amides is 1. The average molecular weight is 250 g/mol. The number of carbonyl (C=O) groups is 1. The van der Waals surface area contributed by atoms with Crippen molar-refractivity contribution < 1.29 is 4.79 Å². The Bertz CT molecular complexity index is 407. The number of aryl methyl sites for hydroxylation is 1. The van der Waals surface area contributed by atoms with E-state index in [2.05, 4.69) is 15.7 Å². The second-order valence-electron chi connectivity index (χ2n) is 4.99. The van der Waals surface area contributed by atoms with Gasteiger partial charge in [-0.3, -0.25) is 9.48 Å². The van der Waals surface area contributed by atoms with E-state index in [9.17, 15) is 4.79 Å². The first-order valence-corrected chi connectivity index (χ1v) is 6.69. The van der Waals surface area contributed by atoms with Crippen molar-refractivity contribution in [1.29, 1.82) is 0 Å². The van der Waals surface area contributed by atoms with Crippen LogP contribution in [0.4, 0.5) is 5.82 Å². The Labute approximate surface area is 108 Å². The van der Waals surface area contributed by atoms with Crippen LogP contribution in [-0.2, 0) is 11.8 Å². The van der Waals surface area contributed by atoms with E-state index in [1.807, 2.05) is 13.1 Å². The Kier molecular flexibility index (Phi) is 4.36. The quantitative estimate of drug-likeness (QED) is 0.854. The number of rotatable bonds is 4. The van der Waals surface area contributed by atoms with E-state index in [1.54, 1.807) is 11.7 Å². The van der Waals surface area contributed by atoms with Gasteiger partial charge < -0.3 is 10.6 Å². The molecule has 1 heterocycles. The van der Waals surface area contributed by atoms with Gasteiger partial charge in [-0.1, -0.05) is 19.3 Å². The number of likely N-dealkylation sites (N-methyl/N-ethyl adjacent to an activating group) is 1. The maximum atomic E-state index is 11.5. The number of aromatic nitrogens is 2. The molecule has 1 aliphatic carbocycles. The van der Waals surface area contributed by atoms with Crippen LogP contribution in [0.5, 0.6) is 0 Å². The number of anilines is 1. The monoisotopic (exact) mass is 250 g/mol. The summed E-state index contributed by atoms with van der Waals surface area (Å²) in [6.45, 7) is 0.323. The molecular formula is C13H22N4O. The predicted molar refractivity (Wildman–Crippen MR) is 71.6 cm³/mol. The Morgan fingerprint density at radius 1 is 1.44 bits per heavy atom. The SMILES string of the molecule is CNCC(=O)Nc1cc(C2CCCCC2)nn1C. The summed E-state index contributed by atoms with van der Waals surface area (Å²) in [5, 5.41) is 10.2. The Hall–Kier alpha value is -1.36. The van der Waals surface area contributed by atoms with Gasteiger partial charge in [-0.2, -0.15) is 5.10 Å². The van der Waals surface area contributed by atoms with Crippen LogP contribution in [-0.4, -0.2) is 29.3 Å². The van der Waals surface area contributed by atoms with E-state index in [0.29, 0.717) is 12.5 Å². The van der Waals surface area contributed by atoms with E-state index >= 15 is 0 Å². The minimum Gasteiger partial charge on any atom is -0.311 e. The fourth-order valence-electron chi connectivity index (χ4n) is 2.55. The molecule has 1 fully saturated rings. The first kappa shape index (κ1) is 13.1. The third-order valence-electron chi connectivity index (χ3n) is 3.53. The van der Waals surface area contributed by atoms with E-state index in [-0.39, 0.29) is 5.91 Å². The van der Waals surface area contributed by atoms with Crippen LogP contribution in [0.25, 0.3) is 0 Å². The standard InChI is InChI=1S/C13H22N4O/c1-14-9-13(18)15-12-8-11(16-17(12)2)10-6-4-3-5-7-10/h8,10,14H,3-7,9H2,1-2H3,(H,15,18). The van der Waals surface area contributed by atoms with Crippen molar-refractivity contribution in [1.82, 2.24) is 15.1 Å². The summed E-state index contributed by atoms with van der Waals surface area (Å²) in [5.41, 5.74) is 1.12. The Balaban J connectivity index is 2.03.